The Kier molecular flexibility index (Phi) is 6.44. The summed E-state index contributed by atoms with van der Waals surface area (Å²) in [6.45, 7) is 1.44. The summed E-state index contributed by atoms with van der Waals surface area (Å²) >= 11 is 0. The third-order valence-corrected chi connectivity index (χ3v) is 3.75. The van der Waals surface area contributed by atoms with Gasteiger partial charge in [0, 0.05) is 7.05 Å². The minimum atomic E-state index is -1.24. The standard InChI is InChI=1S/C19H17F2N3O3/c1-11(27-16-6-4-3-5-13(16)10-22)18(25)24-17(19(26)23-2)12-7-8-14(20)15(21)9-12/h3-9,11,17H,1-2H3,(H,23,26)(H,24,25). The zero-order valence-electron chi connectivity index (χ0n) is 14.6. The lowest BCUT2D eigenvalue weighted by Gasteiger charge is -2.21. The van der Waals surface area contributed by atoms with E-state index in [1.807, 2.05) is 6.07 Å². The quantitative estimate of drug-likeness (QED) is 0.812. The Morgan fingerprint density at radius 1 is 1.11 bits per heavy atom. The van der Waals surface area contributed by atoms with Crippen LogP contribution in [0.25, 0.3) is 0 Å². The number of para-hydroxylation sites is 1. The number of carbonyl (C=O) groups excluding carboxylic acids is 2. The molecule has 27 heavy (non-hydrogen) atoms. The first-order valence-corrected chi connectivity index (χ1v) is 8.00. The molecule has 2 unspecified atom stereocenters. The SMILES string of the molecule is CNC(=O)C(NC(=O)C(C)Oc1ccccc1C#N)c1ccc(F)c(F)c1. The van der Waals surface area contributed by atoms with Crippen molar-refractivity contribution in [1.29, 1.82) is 5.26 Å². The van der Waals surface area contributed by atoms with Gasteiger partial charge < -0.3 is 15.4 Å². The second-order valence-electron chi connectivity index (χ2n) is 5.60. The van der Waals surface area contributed by atoms with Crippen LogP contribution in [0.5, 0.6) is 5.75 Å². The Hall–Kier alpha value is -3.47. The Morgan fingerprint density at radius 3 is 2.44 bits per heavy atom. The summed E-state index contributed by atoms with van der Waals surface area (Å²) < 4.78 is 32.1. The van der Waals surface area contributed by atoms with E-state index in [1.165, 1.54) is 32.2 Å². The first-order chi connectivity index (χ1) is 12.9. The molecule has 2 rings (SSSR count). The van der Waals surface area contributed by atoms with Crippen LogP contribution in [-0.4, -0.2) is 25.0 Å². The number of halogens is 2. The van der Waals surface area contributed by atoms with Crippen molar-refractivity contribution in [1.82, 2.24) is 10.6 Å². The monoisotopic (exact) mass is 373 g/mol. The second kappa shape index (κ2) is 8.76. The van der Waals surface area contributed by atoms with Gasteiger partial charge in [-0.05, 0) is 36.8 Å². The van der Waals surface area contributed by atoms with Gasteiger partial charge in [0.25, 0.3) is 5.91 Å². The number of nitrogens with zero attached hydrogens (tertiary/aromatic N) is 1. The maximum absolute atomic E-state index is 13.5. The molecule has 0 radical (unpaired) electrons. The lowest BCUT2D eigenvalue weighted by atomic mass is 10.1. The van der Waals surface area contributed by atoms with Crippen molar-refractivity contribution in [3.05, 3.63) is 65.2 Å². The predicted octanol–water partition coefficient (Wildman–Crippen LogP) is 2.21. The largest absolute Gasteiger partial charge is 0.480 e. The molecule has 2 N–H and O–H groups in total. The molecule has 2 amide bonds. The molecule has 8 heteroatoms. The molecule has 0 fully saturated rings. The van der Waals surface area contributed by atoms with Gasteiger partial charge in [0.05, 0.1) is 5.56 Å². The van der Waals surface area contributed by atoms with Gasteiger partial charge in [-0.2, -0.15) is 5.26 Å². The summed E-state index contributed by atoms with van der Waals surface area (Å²) in [5, 5.41) is 13.9. The van der Waals surface area contributed by atoms with E-state index in [4.69, 9.17) is 10.00 Å². The molecular formula is C19H17F2N3O3. The number of nitriles is 1. The van der Waals surface area contributed by atoms with Crippen LogP contribution in [0.1, 0.15) is 24.1 Å². The zero-order chi connectivity index (χ0) is 20.0. The highest BCUT2D eigenvalue weighted by Crippen LogP contribution is 2.20. The number of likely N-dealkylation sites (N-methyl/N-ethyl adjacent to an activating group) is 1. The van der Waals surface area contributed by atoms with Crippen LogP contribution >= 0.6 is 0 Å². The number of nitrogens with one attached hydrogen (secondary N) is 2. The lowest BCUT2D eigenvalue weighted by molar-refractivity contribution is -0.132. The highest BCUT2D eigenvalue weighted by molar-refractivity contribution is 5.90. The molecule has 0 spiro atoms. The van der Waals surface area contributed by atoms with Crippen molar-refractivity contribution in [2.24, 2.45) is 0 Å². The van der Waals surface area contributed by atoms with Gasteiger partial charge in [0.15, 0.2) is 17.7 Å². The number of hydrogen-bond acceptors (Lipinski definition) is 4. The molecule has 2 aromatic rings. The zero-order valence-corrected chi connectivity index (χ0v) is 14.6. The summed E-state index contributed by atoms with van der Waals surface area (Å²) in [5.74, 6) is -3.26. The van der Waals surface area contributed by atoms with E-state index in [2.05, 4.69) is 10.6 Å². The molecule has 140 valence electrons. The van der Waals surface area contributed by atoms with Crippen LogP contribution in [0.15, 0.2) is 42.5 Å². The van der Waals surface area contributed by atoms with Gasteiger partial charge in [-0.25, -0.2) is 8.78 Å². The van der Waals surface area contributed by atoms with Gasteiger partial charge in [-0.15, -0.1) is 0 Å². The van der Waals surface area contributed by atoms with E-state index < -0.39 is 35.6 Å². The smallest absolute Gasteiger partial charge is 0.261 e. The summed E-state index contributed by atoms with van der Waals surface area (Å²) in [6.07, 6.45) is -1.04. The number of ether oxygens (including phenoxy) is 1. The van der Waals surface area contributed by atoms with Crippen molar-refractivity contribution < 1.29 is 23.1 Å². The van der Waals surface area contributed by atoms with Gasteiger partial charge >= 0.3 is 0 Å². The highest BCUT2D eigenvalue weighted by atomic mass is 19.2. The van der Waals surface area contributed by atoms with E-state index in [9.17, 15) is 18.4 Å². The summed E-state index contributed by atoms with van der Waals surface area (Å²) in [6, 6.07) is 9.99. The first-order valence-electron chi connectivity index (χ1n) is 8.00. The minimum absolute atomic E-state index is 0.0752. The second-order valence-corrected chi connectivity index (χ2v) is 5.60. The molecule has 0 heterocycles. The topological polar surface area (TPSA) is 91.2 Å². The van der Waals surface area contributed by atoms with Crippen LogP contribution < -0.4 is 15.4 Å². The van der Waals surface area contributed by atoms with E-state index in [1.54, 1.807) is 12.1 Å². The third-order valence-electron chi connectivity index (χ3n) is 3.75. The minimum Gasteiger partial charge on any atom is -0.480 e. The molecule has 6 nitrogen and oxygen atoms in total. The van der Waals surface area contributed by atoms with E-state index in [0.29, 0.717) is 0 Å². The third kappa shape index (κ3) is 4.79. The van der Waals surface area contributed by atoms with Crippen molar-refractivity contribution in [3.63, 3.8) is 0 Å². The van der Waals surface area contributed by atoms with Crippen molar-refractivity contribution in [3.8, 4) is 11.8 Å². The van der Waals surface area contributed by atoms with Crippen LogP contribution in [0, 0.1) is 23.0 Å². The highest BCUT2D eigenvalue weighted by Gasteiger charge is 2.26. The maximum atomic E-state index is 13.5. The van der Waals surface area contributed by atoms with E-state index in [0.717, 1.165) is 12.1 Å². The summed E-state index contributed by atoms with van der Waals surface area (Å²) in [7, 11) is 1.35. The number of rotatable bonds is 6. The molecule has 0 saturated carbocycles. The Labute approximate surface area is 154 Å². The molecule has 2 aromatic carbocycles. The number of amides is 2. The Bertz CT molecular complexity index is 896. The fourth-order valence-electron chi connectivity index (χ4n) is 2.30. The van der Waals surface area contributed by atoms with E-state index in [-0.39, 0.29) is 16.9 Å². The molecule has 0 aliphatic carbocycles. The number of hydrogen-bond donors (Lipinski definition) is 2. The maximum Gasteiger partial charge on any atom is 0.261 e. The molecule has 0 aromatic heterocycles. The summed E-state index contributed by atoms with van der Waals surface area (Å²) in [5.41, 5.74) is 0.326. The van der Waals surface area contributed by atoms with Gasteiger partial charge in [-0.1, -0.05) is 18.2 Å². The van der Waals surface area contributed by atoms with Crippen LogP contribution in [0.4, 0.5) is 8.78 Å². The molecule has 0 aliphatic heterocycles. The fourth-order valence-corrected chi connectivity index (χ4v) is 2.30. The number of carbonyl (C=O) groups is 2. The first kappa shape index (κ1) is 19.8. The van der Waals surface area contributed by atoms with Crippen LogP contribution in [-0.2, 0) is 9.59 Å². The van der Waals surface area contributed by atoms with Crippen LogP contribution in [0.3, 0.4) is 0 Å². The summed E-state index contributed by atoms with van der Waals surface area (Å²) in [4.78, 5) is 24.5. The normalized spacial score (nSPS) is 12.4. The lowest BCUT2D eigenvalue weighted by Crippen LogP contribution is -2.44. The molecule has 0 aliphatic rings. The Morgan fingerprint density at radius 2 is 1.81 bits per heavy atom. The van der Waals surface area contributed by atoms with E-state index >= 15 is 0 Å². The van der Waals surface area contributed by atoms with Gasteiger partial charge in [0.1, 0.15) is 17.9 Å². The van der Waals surface area contributed by atoms with Crippen molar-refractivity contribution >= 4 is 11.8 Å². The molecular weight excluding hydrogens is 356 g/mol. The average molecular weight is 373 g/mol. The van der Waals surface area contributed by atoms with Crippen LogP contribution in [0.2, 0.25) is 0 Å². The molecule has 0 saturated heterocycles. The fraction of sp³-hybridized carbons (Fsp3) is 0.211. The van der Waals surface area contributed by atoms with Gasteiger partial charge in [0.2, 0.25) is 5.91 Å². The average Bonchev–Trinajstić information content (AvgIpc) is 2.67. The molecule has 0 bridgehead atoms. The molecule has 2 atom stereocenters. The van der Waals surface area contributed by atoms with Crippen molar-refractivity contribution in [2.45, 2.75) is 19.1 Å². The predicted molar refractivity (Wildman–Crippen MR) is 92.6 cm³/mol. The Balaban J connectivity index is 2.19. The number of benzene rings is 2. The van der Waals surface area contributed by atoms with Crippen molar-refractivity contribution in [2.75, 3.05) is 7.05 Å². The van der Waals surface area contributed by atoms with Gasteiger partial charge in [-0.3, -0.25) is 9.59 Å².